The van der Waals surface area contributed by atoms with Crippen LogP contribution in [0, 0.1) is 29.9 Å². The van der Waals surface area contributed by atoms with Crippen molar-refractivity contribution in [2.45, 2.75) is 102 Å². The van der Waals surface area contributed by atoms with Gasteiger partial charge in [-0.15, -0.1) is 6.42 Å². The normalized spacial score (nSPS) is 27.8. The monoisotopic (exact) mass is 724 g/mol. The second kappa shape index (κ2) is 12.2. The smallest absolute Gasteiger partial charge is 0.410 e. The van der Waals surface area contributed by atoms with Gasteiger partial charge in [0.15, 0.2) is 5.82 Å². The first-order chi connectivity index (χ1) is 25.4. The number of fused-ring (bicyclic) bond motifs is 7. The minimum atomic E-state index is -0.938. The zero-order valence-electron chi connectivity index (χ0n) is 30.5. The summed E-state index contributed by atoms with van der Waals surface area (Å²) >= 11 is 0. The summed E-state index contributed by atoms with van der Waals surface area (Å²) in [4.78, 5) is 34.7. The summed E-state index contributed by atoms with van der Waals surface area (Å²) in [5.74, 6) is 1.66. The van der Waals surface area contributed by atoms with Gasteiger partial charge < -0.3 is 14.4 Å². The van der Waals surface area contributed by atoms with Crippen molar-refractivity contribution in [3.05, 3.63) is 53.2 Å². The van der Waals surface area contributed by atoms with Gasteiger partial charge in [0.05, 0.1) is 40.3 Å². The first kappa shape index (κ1) is 34.2. The maximum atomic E-state index is 17.4. The van der Waals surface area contributed by atoms with E-state index in [1.807, 2.05) is 31.7 Å². The molecule has 1 amide bonds. The number of piperazine rings is 1. The van der Waals surface area contributed by atoms with Gasteiger partial charge in [0.1, 0.15) is 41.2 Å². The minimum absolute atomic E-state index is 0.00142. The Bertz CT molecular complexity index is 2220. The average molecular weight is 725 g/mol. The lowest BCUT2D eigenvalue weighted by atomic mass is 9.88. The summed E-state index contributed by atoms with van der Waals surface area (Å²) in [6.45, 7) is 9.54. The number of ether oxygens (including phenoxy) is 2. The number of carbonyl (C=O) groups excluding carboxylic acids is 1. The van der Waals surface area contributed by atoms with Gasteiger partial charge in [0, 0.05) is 30.5 Å². The number of amides is 1. The van der Waals surface area contributed by atoms with Gasteiger partial charge in [-0.05, 0) is 76.8 Å². The maximum absolute atomic E-state index is 17.4. The molecule has 0 unspecified atom stereocenters. The fourth-order valence-electron chi connectivity index (χ4n) is 10.1. The van der Waals surface area contributed by atoms with Crippen molar-refractivity contribution in [2.75, 3.05) is 31.1 Å². The number of carbonyl (C=O) groups is 1. The van der Waals surface area contributed by atoms with Crippen LogP contribution in [0.4, 0.5) is 23.8 Å². The molecule has 4 saturated heterocycles. The lowest BCUT2D eigenvalue weighted by Crippen LogP contribution is -2.63. The molecule has 5 aliphatic rings. The Morgan fingerprint density at radius 1 is 1.09 bits per heavy atom. The average Bonchev–Trinajstić information content (AvgIpc) is 3.72. The molecule has 7 heterocycles. The molecule has 4 fully saturated rings. The van der Waals surface area contributed by atoms with Crippen LogP contribution in [-0.4, -0.2) is 92.5 Å². The molecule has 0 saturated carbocycles. The molecule has 9 nitrogen and oxygen atoms in total. The van der Waals surface area contributed by atoms with Gasteiger partial charge in [0.25, 0.3) is 0 Å². The molecule has 6 atom stereocenters. The van der Waals surface area contributed by atoms with E-state index in [4.69, 9.17) is 30.8 Å². The molecule has 53 heavy (non-hydrogen) atoms. The van der Waals surface area contributed by atoms with Gasteiger partial charge in [-0.25, -0.2) is 22.9 Å². The summed E-state index contributed by atoms with van der Waals surface area (Å²) in [5, 5.41) is 1.54. The third-order valence-corrected chi connectivity index (χ3v) is 12.1. The van der Waals surface area contributed by atoms with Gasteiger partial charge >= 0.3 is 12.1 Å². The second-order valence-corrected chi connectivity index (χ2v) is 16.6. The standard InChI is InChI=1S/C41H43F3N6O3/c1-6-26-28(43)13-11-23-9-7-10-27(31(23)26)34-33(44)35-32-29(45-34)17-22(2)36-30-14-12-25(50(30)39(51)53-40(3,4)5)20-49(36)37(32)47-38(46-35)52-21-41-15-8-16-48(41)19-24(42)18-41/h1,7,9-11,13,22,24-25,30,36H,8,12,14-21H2,2-5H3/t22-,24-,25-,30+,36-,41+/m1/s1. The van der Waals surface area contributed by atoms with E-state index in [0.717, 1.165) is 32.2 Å². The molecule has 2 aromatic heterocycles. The highest BCUT2D eigenvalue weighted by Crippen LogP contribution is 2.47. The number of hydrogen-bond donors (Lipinski definition) is 0. The Morgan fingerprint density at radius 3 is 2.72 bits per heavy atom. The molecule has 2 bridgehead atoms. The number of pyridine rings is 1. The minimum Gasteiger partial charge on any atom is -0.461 e. The van der Waals surface area contributed by atoms with E-state index >= 15 is 8.78 Å². The number of hydrogen-bond acceptors (Lipinski definition) is 8. The number of rotatable bonds is 4. The third kappa shape index (κ3) is 5.40. The largest absolute Gasteiger partial charge is 0.461 e. The van der Waals surface area contributed by atoms with Crippen molar-refractivity contribution in [1.29, 1.82) is 0 Å². The van der Waals surface area contributed by atoms with E-state index in [0.29, 0.717) is 59.2 Å². The van der Waals surface area contributed by atoms with E-state index in [2.05, 4.69) is 22.6 Å². The summed E-state index contributed by atoms with van der Waals surface area (Å²) in [7, 11) is 0. The lowest BCUT2D eigenvalue weighted by molar-refractivity contribution is 0.00490. The van der Waals surface area contributed by atoms with Crippen molar-refractivity contribution >= 4 is 33.6 Å². The van der Waals surface area contributed by atoms with Gasteiger partial charge in [-0.3, -0.25) is 9.80 Å². The molecule has 12 heteroatoms. The molecule has 9 rings (SSSR count). The number of aromatic nitrogens is 3. The van der Waals surface area contributed by atoms with Crippen LogP contribution in [-0.2, 0) is 11.2 Å². The van der Waals surface area contributed by atoms with Gasteiger partial charge in [-0.1, -0.05) is 37.1 Å². The molecule has 5 aliphatic heterocycles. The summed E-state index contributed by atoms with van der Waals surface area (Å²) < 4.78 is 59.5. The van der Waals surface area contributed by atoms with Crippen LogP contribution >= 0.6 is 0 Å². The summed E-state index contributed by atoms with van der Waals surface area (Å²) in [6.07, 6.45) is 8.69. The number of terminal acetylenes is 1. The van der Waals surface area contributed by atoms with Crippen LogP contribution in [0.3, 0.4) is 0 Å². The topological polar surface area (TPSA) is 83.9 Å². The Hall–Kier alpha value is -4.63. The zero-order chi connectivity index (χ0) is 37.0. The Labute approximate surface area is 306 Å². The molecule has 0 spiro atoms. The van der Waals surface area contributed by atoms with Crippen LogP contribution in [0.5, 0.6) is 6.01 Å². The Morgan fingerprint density at radius 2 is 1.92 bits per heavy atom. The SMILES string of the molecule is C#Cc1c(F)ccc2cccc(-c3nc4c5c(nc(OC[C@@]67CCCN6C[C@H](F)C7)nc5c3F)N3C[C@H]5CC[C@@H]([C@H]3[C@H](C)C4)N5C(=O)OC(C)(C)C)c12. The van der Waals surface area contributed by atoms with E-state index in [9.17, 15) is 9.18 Å². The predicted octanol–water partition coefficient (Wildman–Crippen LogP) is 7.21. The molecular formula is C41H43F3N6O3. The Balaban J connectivity index is 1.22. The molecule has 276 valence electrons. The van der Waals surface area contributed by atoms with Crippen LogP contribution in [0.15, 0.2) is 30.3 Å². The van der Waals surface area contributed by atoms with E-state index in [-0.39, 0.29) is 59.5 Å². The molecule has 0 radical (unpaired) electrons. The van der Waals surface area contributed by atoms with Crippen LogP contribution in [0.1, 0.15) is 71.1 Å². The van der Waals surface area contributed by atoms with Crippen molar-refractivity contribution in [1.82, 2.24) is 24.8 Å². The zero-order valence-corrected chi connectivity index (χ0v) is 30.5. The van der Waals surface area contributed by atoms with Crippen molar-refractivity contribution in [3.63, 3.8) is 0 Å². The lowest BCUT2D eigenvalue weighted by Gasteiger charge is -2.49. The van der Waals surface area contributed by atoms with Gasteiger partial charge in [-0.2, -0.15) is 9.97 Å². The van der Waals surface area contributed by atoms with E-state index in [1.54, 1.807) is 18.2 Å². The highest BCUT2D eigenvalue weighted by molar-refractivity contribution is 6.03. The second-order valence-electron chi connectivity index (χ2n) is 16.6. The quantitative estimate of drug-likeness (QED) is 0.205. The fraction of sp³-hybridized carbons (Fsp3) is 0.512. The Kier molecular flexibility index (Phi) is 7.86. The van der Waals surface area contributed by atoms with Crippen LogP contribution in [0.2, 0.25) is 0 Å². The maximum Gasteiger partial charge on any atom is 0.410 e. The number of anilines is 1. The van der Waals surface area contributed by atoms with Crippen LogP contribution in [0.25, 0.3) is 32.9 Å². The fourth-order valence-corrected chi connectivity index (χ4v) is 10.1. The number of benzene rings is 2. The summed E-state index contributed by atoms with van der Waals surface area (Å²) in [6, 6.07) is 7.74. The number of alkyl halides is 1. The highest BCUT2D eigenvalue weighted by atomic mass is 19.1. The first-order valence-electron chi connectivity index (χ1n) is 18.7. The predicted molar refractivity (Wildman–Crippen MR) is 196 cm³/mol. The number of nitrogens with zero attached hydrogens (tertiary/aromatic N) is 6. The van der Waals surface area contributed by atoms with Crippen molar-refractivity contribution < 1.29 is 27.4 Å². The molecule has 0 N–H and O–H groups in total. The first-order valence-corrected chi connectivity index (χ1v) is 18.7. The molecule has 4 aromatic rings. The molecule has 0 aliphatic carbocycles. The third-order valence-electron chi connectivity index (χ3n) is 12.1. The summed E-state index contributed by atoms with van der Waals surface area (Å²) in [5.41, 5.74) is -0.0637. The van der Waals surface area contributed by atoms with E-state index < -0.39 is 28.9 Å². The van der Waals surface area contributed by atoms with Gasteiger partial charge in [0.2, 0.25) is 0 Å². The van der Waals surface area contributed by atoms with Crippen molar-refractivity contribution in [2.24, 2.45) is 5.92 Å². The highest BCUT2D eigenvalue weighted by Gasteiger charge is 2.53. The van der Waals surface area contributed by atoms with Crippen LogP contribution < -0.4 is 9.64 Å². The molecule has 2 aromatic carbocycles. The van der Waals surface area contributed by atoms with Crippen molar-refractivity contribution in [3.8, 4) is 29.6 Å². The molecular weight excluding hydrogens is 681 g/mol. The number of halogens is 3. The van der Waals surface area contributed by atoms with E-state index in [1.165, 1.54) is 6.07 Å².